The molecule has 8 nitrogen and oxygen atoms in total. The van der Waals surface area contributed by atoms with E-state index in [9.17, 15) is 18.0 Å². The highest BCUT2D eigenvalue weighted by Crippen LogP contribution is 2.25. The van der Waals surface area contributed by atoms with Crippen molar-refractivity contribution < 1.29 is 22.4 Å². The van der Waals surface area contributed by atoms with Crippen molar-refractivity contribution in [3.63, 3.8) is 0 Å². The predicted octanol–water partition coefficient (Wildman–Crippen LogP) is 2.52. The van der Waals surface area contributed by atoms with Crippen LogP contribution in [0.15, 0.2) is 69.5 Å². The molecule has 0 saturated carbocycles. The van der Waals surface area contributed by atoms with Crippen LogP contribution in [0.2, 0.25) is 0 Å². The molecule has 1 unspecified atom stereocenters. The van der Waals surface area contributed by atoms with Gasteiger partial charge in [-0.3, -0.25) is 9.59 Å². The normalized spacial score (nSPS) is 15.8. The van der Waals surface area contributed by atoms with Crippen molar-refractivity contribution in [2.75, 3.05) is 26.2 Å². The lowest BCUT2D eigenvalue weighted by Gasteiger charge is -2.35. The Hall–Kier alpha value is -2.95. The summed E-state index contributed by atoms with van der Waals surface area (Å²) in [5.74, 6) is -0.589. The molecular weight excluding hydrogens is 462 g/mol. The van der Waals surface area contributed by atoms with E-state index in [1.54, 1.807) is 23.1 Å². The first-order chi connectivity index (χ1) is 15.8. The molecule has 1 aromatic carbocycles. The van der Waals surface area contributed by atoms with Crippen molar-refractivity contribution in [2.24, 2.45) is 0 Å². The molecular formula is C23H25N3O5S2. The van der Waals surface area contributed by atoms with E-state index in [-0.39, 0.29) is 37.8 Å². The summed E-state index contributed by atoms with van der Waals surface area (Å²) in [6.07, 6.45) is 1.72. The largest absolute Gasteiger partial charge is 0.459 e. The van der Waals surface area contributed by atoms with Crippen LogP contribution < -0.4 is 5.32 Å². The maximum absolute atomic E-state index is 13.4. The number of piperazine rings is 1. The van der Waals surface area contributed by atoms with Crippen molar-refractivity contribution in [3.05, 3.63) is 77.1 Å². The van der Waals surface area contributed by atoms with Gasteiger partial charge in [-0.25, -0.2) is 8.42 Å². The molecule has 0 spiro atoms. The lowest BCUT2D eigenvalue weighted by Crippen LogP contribution is -2.56. The van der Waals surface area contributed by atoms with Gasteiger partial charge >= 0.3 is 0 Å². The fourth-order valence-electron chi connectivity index (χ4n) is 3.73. The standard InChI is InChI=1S/C23H25N3O5S2/c1-17-9-10-21(32-17)33(29,30)26-13-11-25(12-14-26)23(28)19(16-18-6-3-2-4-7-18)24-22(27)20-8-5-15-31-20/h2-10,15,19H,11-14,16H2,1H3,(H,24,27). The van der Waals surface area contributed by atoms with Crippen molar-refractivity contribution in [3.8, 4) is 0 Å². The van der Waals surface area contributed by atoms with Crippen LogP contribution in [0.5, 0.6) is 0 Å². The van der Waals surface area contributed by atoms with Gasteiger partial charge in [0, 0.05) is 37.5 Å². The van der Waals surface area contributed by atoms with E-state index in [0.29, 0.717) is 10.6 Å². The van der Waals surface area contributed by atoms with Gasteiger partial charge in [-0.05, 0) is 36.8 Å². The summed E-state index contributed by atoms with van der Waals surface area (Å²) >= 11 is 1.24. The number of benzene rings is 1. The summed E-state index contributed by atoms with van der Waals surface area (Å²) in [6.45, 7) is 2.78. The Morgan fingerprint density at radius 2 is 1.76 bits per heavy atom. The van der Waals surface area contributed by atoms with E-state index >= 15 is 0 Å². The fourth-order valence-corrected chi connectivity index (χ4v) is 6.59. The number of aryl methyl sites for hydroxylation is 1. The van der Waals surface area contributed by atoms with Gasteiger partial charge < -0.3 is 14.6 Å². The number of rotatable bonds is 7. The third-order valence-corrected chi connectivity index (χ3v) is 8.86. The van der Waals surface area contributed by atoms with E-state index in [1.165, 1.54) is 28.0 Å². The number of carbonyl (C=O) groups excluding carboxylic acids is 2. The summed E-state index contributed by atoms with van der Waals surface area (Å²) in [5.41, 5.74) is 0.907. The number of nitrogens with one attached hydrogen (secondary N) is 1. The van der Waals surface area contributed by atoms with Crippen LogP contribution >= 0.6 is 11.3 Å². The maximum atomic E-state index is 13.4. The molecule has 3 aromatic rings. The molecule has 1 atom stereocenters. The fraction of sp³-hybridized carbons (Fsp3) is 0.304. The highest BCUT2D eigenvalue weighted by molar-refractivity contribution is 7.91. The first-order valence-corrected chi connectivity index (χ1v) is 12.8. The van der Waals surface area contributed by atoms with Crippen LogP contribution in [0.1, 0.15) is 21.0 Å². The monoisotopic (exact) mass is 487 g/mol. The summed E-state index contributed by atoms with van der Waals surface area (Å²) < 4.78 is 32.7. The predicted molar refractivity (Wildman–Crippen MR) is 125 cm³/mol. The van der Waals surface area contributed by atoms with Gasteiger partial charge in [0.2, 0.25) is 5.91 Å². The van der Waals surface area contributed by atoms with Crippen LogP contribution in [0.25, 0.3) is 0 Å². The Bertz CT molecular complexity index is 1200. The van der Waals surface area contributed by atoms with Crippen LogP contribution in [0.3, 0.4) is 0 Å². The lowest BCUT2D eigenvalue weighted by atomic mass is 10.0. The second kappa shape index (κ2) is 9.90. The smallest absolute Gasteiger partial charge is 0.287 e. The molecule has 1 aliphatic heterocycles. The molecule has 4 rings (SSSR count). The van der Waals surface area contributed by atoms with Crippen LogP contribution in [-0.4, -0.2) is 61.7 Å². The molecule has 0 aliphatic carbocycles. The van der Waals surface area contributed by atoms with Gasteiger partial charge in [-0.2, -0.15) is 4.31 Å². The zero-order chi connectivity index (χ0) is 23.4. The van der Waals surface area contributed by atoms with E-state index in [4.69, 9.17) is 4.42 Å². The molecule has 10 heteroatoms. The molecule has 2 amide bonds. The van der Waals surface area contributed by atoms with E-state index < -0.39 is 22.0 Å². The Kier molecular flexibility index (Phi) is 6.96. The van der Waals surface area contributed by atoms with E-state index in [2.05, 4.69) is 5.32 Å². The van der Waals surface area contributed by atoms with Crippen LogP contribution in [0.4, 0.5) is 0 Å². The van der Waals surface area contributed by atoms with Crippen LogP contribution in [0, 0.1) is 6.92 Å². The zero-order valence-electron chi connectivity index (χ0n) is 18.1. The molecule has 1 fully saturated rings. The number of thiophene rings is 1. The molecule has 1 saturated heterocycles. The number of hydrogen-bond acceptors (Lipinski definition) is 6. The first kappa shape index (κ1) is 23.2. The molecule has 0 bridgehead atoms. The molecule has 3 heterocycles. The Morgan fingerprint density at radius 1 is 1.03 bits per heavy atom. The highest BCUT2D eigenvalue weighted by Gasteiger charge is 2.34. The quantitative estimate of drug-likeness (QED) is 0.552. The minimum absolute atomic E-state index is 0.128. The zero-order valence-corrected chi connectivity index (χ0v) is 19.8. The van der Waals surface area contributed by atoms with Gasteiger partial charge in [-0.1, -0.05) is 30.3 Å². The minimum atomic E-state index is -3.58. The highest BCUT2D eigenvalue weighted by atomic mass is 32.2. The second-order valence-electron chi connectivity index (χ2n) is 7.79. The molecule has 0 radical (unpaired) electrons. The third-order valence-electron chi connectivity index (χ3n) is 5.49. The molecule has 1 aliphatic rings. The summed E-state index contributed by atoms with van der Waals surface area (Å²) in [7, 11) is -3.58. The van der Waals surface area contributed by atoms with Crippen molar-refractivity contribution in [2.45, 2.75) is 23.6 Å². The third kappa shape index (κ3) is 5.35. The van der Waals surface area contributed by atoms with Gasteiger partial charge in [0.05, 0.1) is 6.26 Å². The Balaban J connectivity index is 1.45. The molecule has 33 heavy (non-hydrogen) atoms. The SMILES string of the molecule is Cc1ccc(S(=O)(=O)N2CCN(C(=O)C(Cc3ccccc3)NC(=O)c3ccco3)CC2)s1. The molecule has 1 N–H and O–H groups in total. The maximum Gasteiger partial charge on any atom is 0.287 e. The summed E-state index contributed by atoms with van der Waals surface area (Å²) in [6, 6.07) is 15.2. The molecule has 2 aromatic heterocycles. The summed E-state index contributed by atoms with van der Waals surface area (Å²) in [4.78, 5) is 28.5. The average Bonchev–Trinajstić information content (AvgIpc) is 3.51. The second-order valence-corrected chi connectivity index (χ2v) is 11.2. The van der Waals surface area contributed by atoms with E-state index in [0.717, 1.165) is 10.4 Å². The van der Waals surface area contributed by atoms with E-state index in [1.807, 2.05) is 37.3 Å². The van der Waals surface area contributed by atoms with Gasteiger partial charge in [0.1, 0.15) is 10.3 Å². The van der Waals surface area contributed by atoms with Crippen LogP contribution in [-0.2, 0) is 21.2 Å². The number of sulfonamides is 1. The minimum Gasteiger partial charge on any atom is -0.459 e. The number of amides is 2. The number of carbonyl (C=O) groups is 2. The van der Waals surface area contributed by atoms with Crippen molar-refractivity contribution in [1.29, 1.82) is 0 Å². The Labute approximate surface area is 196 Å². The van der Waals surface area contributed by atoms with Crippen molar-refractivity contribution in [1.82, 2.24) is 14.5 Å². The average molecular weight is 488 g/mol. The first-order valence-electron chi connectivity index (χ1n) is 10.6. The number of furan rings is 1. The van der Waals surface area contributed by atoms with Crippen molar-refractivity contribution >= 4 is 33.2 Å². The lowest BCUT2D eigenvalue weighted by molar-refractivity contribution is -0.134. The van der Waals surface area contributed by atoms with Gasteiger partial charge in [0.15, 0.2) is 5.76 Å². The van der Waals surface area contributed by atoms with Gasteiger partial charge in [-0.15, -0.1) is 11.3 Å². The van der Waals surface area contributed by atoms with Gasteiger partial charge in [0.25, 0.3) is 15.9 Å². The topological polar surface area (TPSA) is 99.9 Å². The number of nitrogens with zero attached hydrogens (tertiary/aromatic N) is 2. The Morgan fingerprint density at radius 3 is 2.36 bits per heavy atom. The number of hydrogen-bond donors (Lipinski definition) is 1. The summed E-state index contributed by atoms with van der Waals surface area (Å²) in [5, 5.41) is 2.78. The molecule has 174 valence electrons.